The van der Waals surface area contributed by atoms with Crippen LogP contribution < -0.4 is 5.32 Å². The molecule has 0 fully saturated rings. The molecule has 4 aromatic rings. The van der Waals surface area contributed by atoms with E-state index in [0.29, 0.717) is 0 Å². The molecule has 0 saturated carbocycles. The highest BCUT2D eigenvalue weighted by Crippen LogP contribution is 2.22. The Morgan fingerprint density at radius 3 is 2.46 bits per heavy atom. The molecule has 5 nitrogen and oxygen atoms in total. The van der Waals surface area contributed by atoms with Gasteiger partial charge < -0.3 is 5.32 Å². The van der Waals surface area contributed by atoms with Crippen molar-refractivity contribution in [3.8, 4) is 10.7 Å². The van der Waals surface area contributed by atoms with E-state index in [-0.39, 0.29) is 0 Å². The van der Waals surface area contributed by atoms with Crippen LogP contribution in [0.4, 0.5) is 11.6 Å². The summed E-state index contributed by atoms with van der Waals surface area (Å²) in [6.07, 6.45) is 3.70. The molecule has 3 aromatic heterocycles. The second-order valence-electron chi connectivity index (χ2n) is 6.58. The molecule has 3 heterocycles. The maximum Gasteiger partial charge on any atom is 0.141 e. The number of rotatable bonds is 7. The molecule has 1 N–H and O–H groups in total. The van der Waals surface area contributed by atoms with Crippen LogP contribution in [0.15, 0.2) is 78.4 Å². The molecule has 140 valence electrons. The molecule has 0 aliphatic heterocycles. The number of benzene rings is 1. The molecule has 28 heavy (non-hydrogen) atoms. The lowest BCUT2D eigenvalue weighted by Gasteiger charge is -2.16. The third-order valence-corrected chi connectivity index (χ3v) is 5.02. The molecule has 0 aliphatic carbocycles. The average Bonchev–Trinajstić information content (AvgIpc) is 3.25. The van der Waals surface area contributed by atoms with Gasteiger partial charge in [0, 0.05) is 30.9 Å². The van der Waals surface area contributed by atoms with Crippen LogP contribution >= 0.6 is 11.3 Å². The molecule has 0 atom stereocenters. The molecule has 0 bridgehead atoms. The van der Waals surface area contributed by atoms with E-state index in [1.165, 1.54) is 11.1 Å². The van der Waals surface area contributed by atoms with Gasteiger partial charge in [-0.1, -0.05) is 42.5 Å². The summed E-state index contributed by atoms with van der Waals surface area (Å²) < 4.78 is 0. The zero-order chi connectivity index (χ0) is 19.2. The van der Waals surface area contributed by atoms with Crippen LogP contribution in [0.1, 0.15) is 11.1 Å². The first-order valence-corrected chi connectivity index (χ1v) is 9.95. The predicted octanol–water partition coefficient (Wildman–Crippen LogP) is 4.98. The Balaban J connectivity index is 1.38. The molecule has 4 rings (SSSR count). The predicted molar refractivity (Wildman–Crippen MR) is 114 cm³/mol. The summed E-state index contributed by atoms with van der Waals surface area (Å²) in [5.74, 6) is 1.53. The second kappa shape index (κ2) is 8.73. The lowest BCUT2D eigenvalue weighted by atomic mass is 10.2. The standard InChI is InChI=1S/C22H21N5S/c1-27(15-17-6-3-2-4-7-17)16-18-10-11-20(24-14-18)26-21-9-5-8-19(25-21)22-23-12-13-28-22/h2-14H,15-16H2,1H3,(H,24,25,26). The fraction of sp³-hybridized carbons (Fsp3) is 0.136. The van der Waals surface area contributed by atoms with Gasteiger partial charge in [-0.15, -0.1) is 11.3 Å². The molecular formula is C22H21N5S. The van der Waals surface area contributed by atoms with Crippen LogP contribution in [0.2, 0.25) is 0 Å². The van der Waals surface area contributed by atoms with E-state index >= 15 is 0 Å². The first-order valence-electron chi connectivity index (χ1n) is 9.07. The number of nitrogens with zero attached hydrogens (tertiary/aromatic N) is 4. The fourth-order valence-corrected chi connectivity index (χ4v) is 3.57. The van der Waals surface area contributed by atoms with Gasteiger partial charge in [0.25, 0.3) is 0 Å². The Labute approximate surface area is 168 Å². The van der Waals surface area contributed by atoms with Gasteiger partial charge in [-0.2, -0.15) is 0 Å². The molecule has 6 heteroatoms. The SMILES string of the molecule is CN(Cc1ccccc1)Cc1ccc(Nc2cccc(-c3nccs3)n2)nc1. The van der Waals surface area contributed by atoms with Crippen molar-refractivity contribution in [1.29, 1.82) is 0 Å². The number of pyridine rings is 2. The van der Waals surface area contributed by atoms with Crippen LogP contribution in [0, 0.1) is 0 Å². The Morgan fingerprint density at radius 1 is 0.857 bits per heavy atom. The van der Waals surface area contributed by atoms with Gasteiger partial charge in [0.05, 0.1) is 0 Å². The minimum absolute atomic E-state index is 0.758. The molecule has 0 saturated heterocycles. The Morgan fingerprint density at radius 2 is 1.71 bits per heavy atom. The molecule has 0 radical (unpaired) electrons. The van der Waals surface area contributed by atoms with Gasteiger partial charge in [0.15, 0.2) is 0 Å². The lowest BCUT2D eigenvalue weighted by molar-refractivity contribution is 0.319. The maximum absolute atomic E-state index is 4.62. The zero-order valence-corrected chi connectivity index (χ0v) is 16.4. The van der Waals surface area contributed by atoms with E-state index < -0.39 is 0 Å². The fourth-order valence-electron chi connectivity index (χ4n) is 2.96. The van der Waals surface area contributed by atoms with Gasteiger partial charge in [-0.05, 0) is 36.4 Å². The van der Waals surface area contributed by atoms with Crippen molar-refractivity contribution in [3.05, 3.63) is 89.6 Å². The number of anilines is 2. The number of hydrogen-bond acceptors (Lipinski definition) is 6. The van der Waals surface area contributed by atoms with E-state index in [0.717, 1.165) is 35.4 Å². The molecule has 0 spiro atoms. The van der Waals surface area contributed by atoms with Crippen molar-refractivity contribution < 1.29 is 0 Å². The number of thiazole rings is 1. The highest BCUT2D eigenvalue weighted by Gasteiger charge is 2.05. The third-order valence-electron chi connectivity index (χ3n) is 4.23. The van der Waals surface area contributed by atoms with Crippen molar-refractivity contribution in [2.24, 2.45) is 0 Å². The van der Waals surface area contributed by atoms with Crippen molar-refractivity contribution in [2.45, 2.75) is 13.1 Å². The van der Waals surface area contributed by atoms with Crippen molar-refractivity contribution in [1.82, 2.24) is 19.9 Å². The summed E-state index contributed by atoms with van der Waals surface area (Å²) in [6.45, 7) is 1.76. The first-order chi connectivity index (χ1) is 13.8. The van der Waals surface area contributed by atoms with E-state index in [4.69, 9.17) is 0 Å². The van der Waals surface area contributed by atoms with E-state index in [1.807, 2.05) is 41.9 Å². The van der Waals surface area contributed by atoms with Crippen LogP contribution in [-0.2, 0) is 13.1 Å². The molecule has 1 aromatic carbocycles. The number of aromatic nitrogens is 3. The van der Waals surface area contributed by atoms with E-state index in [2.05, 4.69) is 62.5 Å². The van der Waals surface area contributed by atoms with E-state index in [1.54, 1.807) is 17.5 Å². The van der Waals surface area contributed by atoms with Gasteiger partial charge in [-0.25, -0.2) is 15.0 Å². The van der Waals surface area contributed by atoms with Gasteiger partial charge in [0.2, 0.25) is 0 Å². The van der Waals surface area contributed by atoms with Crippen molar-refractivity contribution in [3.63, 3.8) is 0 Å². The Kier molecular flexibility index (Phi) is 5.70. The van der Waals surface area contributed by atoms with Crippen LogP contribution in [0.25, 0.3) is 10.7 Å². The summed E-state index contributed by atoms with van der Waals surface area (Å²) in [6, 6.07) is 20.4. The number of nitrogens with one attached hydrogen (secondary N) is 1. The Hall–Kier alpha value is -3.09. The second-order valence-corrected chi connectivity index (χ2v) is 7.47. The summed E-state index contributed by atoms with van der Waals surface area (Å²) in [5.41, 5.74) is 3.34. The van der Waals surface area contributed by atoms with Crippen LogP contribution in [0.5, 0.6) is 0 Å². The van der Waals surface area contributed by atoms with Crippen LogP contribution in [0.3, 0.4) is 0 Å². The lowest BCUT2D eigenvalue weighted by Crippen LogP contribution is -2.17. The quantitative estimate of drug-likeness (QED) is 0.485. The average molecular weight is 388 g/mol. The third kappa shape index (κ3) is 4.79. The van der Waals surface area contributed by atoms with Crippen molar-refractivity contribution >= 4 is 23.0 Å². The summed E-state index contributed by atoms with van der Waals surface area (Å²) in [4.78, 5) is 15.7. The number of hydrogen-bond donors (Lipinski definition) is 1. The van der Waals surface area contributed by atoms with Gasteiger partial charge in [0.1, 0.15) is 22.3 Å². The summed E-state index contributed by atoms with van der Waals surface area (Å²) >= 11 is 1.58. The maximum atomic E-state index is 4.62. The monoisotopic (exact) mass is 387 g/mol. The topological polar surface area (TPSA) is 53.9 Å². The molecule has 0 amide bonds. The van der Waals surface area contributed by atoms with Crippen molar-refractivity contribution in [2.75, 3.05) is 12.4 Å². The van der Waals surface area contributed by atoms with Crippen LogP contribution in [-0.4, -0.2) is 26.9 Å². The molecule has 0 aliphatic rings. The molecular weight excluding hydrogens is 366 g/mol. The van der Waals surface area contributed by atoms with Gasteiger partial charge >= 0.3 is 0 Å². The largest absolute Gasteiger partial charge is 0.325 e. The summed E-state index contributed by atoms with van der Waals surface area (Å²) in [5, 5.41) is 6.13. The highest BCUT2D eigenvalue weighted by molar-refractivity contribution is 7.13. The smallest absolute Gasteiger partial charge is 0.141 e. The normalized spacial score (nSPS) is 10.9. The minimum Gasteiger partial charge on any atom is -0.325 e. The molecule has 0 unspecified atom stereocenters. The van der Waals surface area contributed by atoms with E-state index in [9.17, 15) is 0 Å². The highest BCUT2D eigenvalue weighted by atomic mass is 32.1. The Bertz CT molecular complexity index is 1000. The minimum atomic E-state index is 0.758. The zero-order valence-electron chi connectivity index (χ0n) is 15.6. The first kappa shape index (κ1) is 18.3. The van der Waals surface area contributed by atoms with Gasteiger partial charge in [-0.3, -0.25) is 4.90 Å². The summed E-state index contributed by atoms with van der Waals surface area (Å²) in [7, 11) is 2.12.